The van der Waals surface area contributed by atoms with E-state index in [1.54, 1.807) is 4.57 Å². The fourth-order valence-electron chi connectivity index (χ4n) is 3.66. The van der Waals surface area contributed by atoms with Gasteiger partial charge >= 0.3 is 4.87 Å². The van der Waals surface area contributed by atoms with Crippen molar-refractivity contribution in [1.29, 1.82) is 0 Å². The Morgan fingerprint density at radius 2 is 1.52 bits per heavy atom. The lowest BCUT2D eigenvalue weighted by molar-refractivity contribution is -0.139. The van der Waals surface area contributed by atoms with Crippen LogP contribution in [0.3, 0.4) is 0 Å². The minimum atomic E-state index is -0.00119. The van der Waals surface area contributed by atoms with Crippen molar-refractivity contribution in [3.8, 4) is 0 Å². The van der Waals surface area contributed by atoms with Gasteiger partial charge in [-0.15, -0.1) is 0 Å². The van der Waals surface area contributed by atoms with Crippen molar-refractivity contribution in [1.82, 2.24) is 14.4 Å². The SMILES string of the molecule is Cc1sc(=O)n(CCC(=O)N2CCN(C(=O)CCCc3ccccc3)CC2)c1C. The Labute approximate surface area is 175 Å². The van der Waals surface area contributed by atoms with Crippen molar-refractivity contribution in [3.63, 3.8) is 0 Å². The first kappa shape index (κ1) is 21.3. The van der Waals surface area contributed by atoms with Crippen LogP contribution in [0.1, 0.15) is 35.4 Å². The molecule has 0 radical (unpaired) electrons. The topological polar surface area (TPSA) is 62.6 Å². The van der Waals surface area contributed by atoms with Crippen molar-refractivity contribution < 1.29 is 9.59 Å². The van der Waals surface area contributed by atoms with Crippen LogP contribution in [0.15, 0.2) is 35.1 Å². The van der Waals surface area contributed by atoms with Gasteiger partial charge in [-0.2, -0.15) is 0 Å². The molecular weight excluding hydrogens is 386 g/mol. The number of thiazole rings is 1. The van der Waals surface area contributed by atoms with Gasteiger partial charge in [-0.05, 0) is 32.3 Å². The van der Waals surface area contributed by atoms with E-state index in [-0.39, 0.29) is 16.7 Å². The maximum Gasteiger partial charge on any atom is 0.307 e. The minimum absolute atomic E-state index is 0.00119. The number of rotatable bonds is 7. The van der Waals surface area contributed by atoms with Gasteiger partial charge in [0, 0.05) is 56.1 Å². The van der Waals surface area contributed by atoms with Gasteiger partial charge in [0.15, 0.2) is 0 Å². The fourth-order valence-corrected chi connectivity index (χ4v) is 4.52. The van der Waals surface area contributed by atoms with Crippen LogP contribution in [-0.4, -0.2) is 52.4 Å². The van der Waals surface area contributed by atoms with Crippen LogP contribution in [0.2, 0.25) is 0 Å². The van der Waals surface area contributed by atoms with Gasteiger partial charge in [0.2, 0.25) is 11.8 Å². The predicted molar refractivity (Wildman–Crippen MR) is 115 cm³/mol. The molecule has 1 fully saturated rings. The summed E-state index contributed by atoms with van der Waals surface area (Å²) in [5.74, 6) is 0.222. The zero-order valence-electron chi connectivity index (χ0n) is 17.2. The normalized spacial score (nSPS) is 14.3. The fraction of sp³-hybridized carbons (Fsp3) is 0.500. The molecule has 0 saturated carbocycles. The smallest absolute Gasteiger partial charge is 0.307 e. The number of aryl methyl sites for hydroxylation is 2. The number of piperazine rings is 1. The van der Waals surface area contributed by atoms with Crippen molar-refractivity contribution >= 4 is 23.2 Å². The molecule has 2 aromatic rings. The van der Waals surface area contributed by atoms with E-state index in [4.69, 9.17) is 0 Å². The molecule has 2 heterocycles. The standard InChI is InChI=1S/C22H29N3O3S/c1-17-18(2)29-22(28)25(17)12-11-21(27)24-15-13-23(14-16-24)20(26)10-6-9-19-7-4-3-5-8-19/h3-5,7-8H,6,9-16H2,1-2H3. The molecule has 1 aromatic heterocycles. The van der Waals surface area contributed by atoms with E-state index >= 15 is 0 Å². The molecule has 0 bridgehead atoms. The van der Waals surface area contributed by atoms with Crippen LogP contribution in [-0.2, 0) is 22.6 Å². The summed E-state index contributed by atoms with van der Waals surface area (Å²) in [5, 5.41) is 0. The lowest BCUT2D eigenvalue weighted by Gasteiger charge is -2.35. The summed E-state index contributed by atoms with van der Waals surface area (Å²) < 4.78 is 1.68. The summed E-state index contributed by atoms with van der Waals surface area (Å²) in [5.41, 5.74) is 2.20. The highest BCUT2D eigenvalue weighted by Gasteiger charge is 2.24. The third kappa shape index (κ3) is 5.56. The Bertz CT molecular complexity index is 896. The Hall–Kier alpha value is -2.41. The molecule has 0 atom stereocenters. The molecule has 0 aliphatic carbocycles. The number of hydrogen-bond donors (Lipinski definition) is 0. The Kier molecular flexibility index (Phi) is 7.25. The highest BCUT2D eigenvalue weighted by molar-refractivity contribution is 7.09. The number of amides is 2. The molecule has 0 unspecified atom stereocenters. The first-order chi connectivity index (χ1) is 14.0. The van der Waals surface area contributed by atoms with Crippen molar-refractivity contribution in [3.05, 3.63) is 56.1 Å². The average Bonchev–Trinajstić information content (AvgIpc) is 2.98. The Balaban J connectivity index is 1.39. The molecule has 0 spiro atoms. The summed E-state index contributed by atoms with van der Waals surface area (Å²) >= 11 is 1.23. The maximum absolute atomic E-state index is 12.5. The van der Waals surface area contributed by atoms with Crippen molar-refractivity contribution in [2.24, 2.45) is 0 Å². The van der Waals surface area contributed by atoms with Crippen LogP contribution in [0, 0.1) is 13.8 Å². The molecular formula is C22H29N3O3S. The molecule has 1 aromatic carbocycles. The van der Waals surface area contributed by atoms with E-state index in [9.17, 15) is 14.4 Å². The highest BCUT2D eigenvalue weighted by Crippen LogP contribution is 2.12. The summed E-state index contributed by atoms with van der Waals surface area (Å²) in [4.78, 5) is 41.6. The van der Waals surface area contributed by atoms with E-state index in [0.717, 1.165) is 23.4 Å². The van der Waals surface area contributed by atoms with Crippen molar-refractivity contribution in [2.45, 2.75) is 46.1 Å². The van der Waals surface area contributed by atoms with Crippen LogP contribution in [0.4, 0.5) is 0 Å². The molecule has 3 rings (SSSR count). The first-order valence-electron chi connectivity index (χ1n) is 10.2. The molecule has 1 aliphatic heterocycles. The zero-order chi connectivity index (χ0) is 20.8. The zero-order valence-corrected chi connectivity index (χ0v) is 18.0. The average molecular weight is 416 g/mol. The molecule has 1 aliphatic rings. The third-order valence-corrected chi connectivity index (χ3v) is 6.61. The molecule has 29 heavy (non-hydrogen) atoms. The quantitative estimate of drug-likeness (QED) is 0.698. The van der Waals surface area contributed by atoms with Gasteiger partial charge in [0.1, 0.15) is 0 Å². The molecule has 6 nitrogen and oxygen atoms in total. The second-order valence-corrected chi connectivity index (χ2v) is 8.68. The Morgan fingerprint density at radius 3 is 2.07 bits per heavy atom. The number of hydrogen-bond acceptors (Lipinski definition) is 4. The maximum atomic E-state index is 12.5. The largest absolute Gasteiger partial charge is 0.339 e. The van der Waals surface area contributed by atoms with Crippen LogP contribution in [0.25, 0.3) is 0 Å². The molecule has 1 saturated heterocycles. The second kappa shape index (κ2) is 9.87. The number of aromatic nitrogens is 1. The predicted octanol–water partition coefficient (Wildman–Crippen LogP) is 2.61. The molecule has 0 N–H and O–H groups in total. The van der Waals surface area contributed by atoms with Crippen LogP contribution >= 0.6 is 11.3 Å². The van der Waals surface area contributed by atoms with E-state index in [0.29, 0.717) is 45.6 Å². The van der Waals surface area contributed by atoms with E-state index < -0.39 is 0 Å². The summed E-state index contributed by atoms with van der Waals surface area (Å²) in [7, 11) is 0. The number of carbonyl (C=O) groups is 2. The van der Waals surface area contributed by atoms with Gasteiger partial charge in [0.25, 0.3) is 0 Å². The Morgan fingerprint density at radius 1 is 0.931 bits per heavy atom. The highest BCUT2D eigenvalue weighted by atomic mass is 32.1. The minimum Gasteiger partial charge on any atom is -0.339 e. The first-order valence-corrected chi connectivity index (χ1v) is 11.0. The lowest BCUT2D eigenvalue weighted by atomic mass is 10.1. The van der Waals surface area contributed by atoms with E-state index in [1.807, 2.05) is 41.8 Å². The summed E-state index contributed by atoms with van der Waals surface area (Å²) in [6.07, 6.45) is 2.62. The van der Waals surface area contributed by atoms with Gasteiger partial charge in [-0.1, -0.05) is 41.7 Å². The van der Waals surface area contributed by atoms with Crippen LogP contribution < -0.4 is 4.87 Å². The summed E-state index contributed by atoms with van der Waals surface area (Å²) in [6, 6.07) is 10.2. The molecule has 2 amide bonds. The summed E-state index contributed by atoms with van der Waals surface area (Å²) in [6.45, 7) is 6.58. The van der Waals surface area contributed by atoms with E-state index in [1.165, 1.54) is 16.9 Å². The number of nitrogens with zero attached hydrogens (tertiary/aromatic N) is 3. The van der Waals surface area contributed by atoms with Crippen LogP contribution in [0.5, 0.6) is 0 Å². The second-order valence-electron chi connectivity index (χ2n) is 7.51. The van der Waals surface area contributed by atoms with Gasteiger partial charge in [-0.3, -0.25) is 14.4 Å². The molecule has 7 heteroatoms. The third-order valence-electron chi connectivity index (χ3n) is 5.61. The van der Waals surface area contributed by atoms with Crippen molar-refractivity contribution in [2.75, 3.05) is 26.2 Å². The van der Waals surface area contributed by atoms with Gasteiger partial charge < -0.3 is 14.4 Å². The van der Waals surface area contributed by atoms with Gasteiger partial charge in [0.05, 0.1) is 0 Å². The monoisotopic (exact) mass is 415 g/mol. The number of carbonyl (C=O) groups excluding carboxylic acids is 2. The molecule has 156 valence electrons. The van der Waals surface area contributed by atoms with Gasteiger partial charge in [-0.25, -0.2) is 0 Å². The lowest BCUT2D eigenvalue weighted by Crippen LogP contribution is -2.50. The number of benzene rings is 1. The van der Waals surface area contributed by atoms with E-state index in [2.05, 4.69) is 12.1 Å².